The molecule has 1 atom stereocenters. The van der Waals surface area contributed by atoms with Gasteiger partial charge in [0.15, 0.2) is 0 Å². The molecule has 1 unspecified atom stereocenters. The summed E-state index contributed by atoms with van der Waals surface area (Å²) in [7, 11) is 2.88. The predicted molar refractivity (Wildman–Crippen MR) is 106 cm³/mol. The minimum absolute atomic E-state index is 0.420. The third-order valence-corrected chi connectivity index (χ3v) is 6.16. The second kappa shape index (κ2) is 9.80. The van der Waals surface area contributed by atoms with Crippen molar-refractivity contribution in [3.05, 3.63) is 35.4 Å². The van der Waals surface area contributed by atoms with Crippen LogP contribution in [0.3, 0.4) is 0 Å². The number of hydrogen-bond acceptors (Lipinski definition) is 5. The third-order valence-electron chi connectivity index (χ3n) is 4.89. The average Bonchev–Trinajstić information content (AvgIpc) is 3.03. The van der Waals surface area contributed by atoms with E-state index in [1.807, 2.05) is 0 Å². The minimum Gasteiger partial charge on any atom is -0.383 e. The van der Waals surface area contributed by atoms with Crippen LogP contribution in [0.2, 0.25) is 0 Å². The third kappa shape index (κ3) is 6.96. The molecule has 7 heteroatoms. The molecular weight excluding hydrogens is 350 g/mol. The van der Waals surface area contributed by atoms with Crippen LogP contribution in [0.15, 0.2) is 24.3 Å². The molecule has 26 heavy (non-hydrogen) atoms. The number of likely N-dealkylation sites (N-methyl/N-ethyl adjacent to an activating group) is 1. The van der Waals surface area contributed by atoms with Crippen molar-refractivity contribution in [2.75, 3.05) is 60.2 Å². The SMILES string of the molecule is COCCN(C)Cc1ccc(CN(C)CC2CCN(S(C)(=O)=O)C2)cc1. The quantitative estimate of drug-likeness (QED) is 0.613. The Kier molecular flexibility index (Phi) is 8.04. The van der Waals surface area contributed by atoms with Gasteiger partial charge in [-0.3, -0.25) is 4.90 Å². The molecule has 1 aliphatic heterocycles. The number of sulfonamides is 1. The van der Waals surface area contributed by atoms with Crippen LogP contribution < -0.4 is 0 Å². The maximum atomic E-state index is 11.6. The van der Waals surface area contributed by atoms with Crippen LogP contribution in [0.5, 0.6) is 0 Å². The van der Waals surface area contributed by atoms with Gasteiger partial charge in [-0.25, -0.2) is 12.7 Å². The van der Waals surface area contributed by atoms with Gasteiger partial charge in [0.25, 0.3) is 0 Å². The van der Waals surface area contributed by atoms with Crippen LogP contribution in [0.25, 0.3) is 0 Å². The molecular formula is C19H33N3O3S. The molecule has 1 fully saturated rings. The maximum Gasteiger partial charge on any atom is 0.211 e. The summed E-state index contributed by atoms with van der Waals surface area (Å²) in [5.41, 5.74) is 2.59. The van der Waals surface area contributed by atoms with Crippen LogP contribution in [-0.4, -0.2) is 82.8 Å². The summed E-state index contributed by atoms with van der Waals surface area (Å²) < 4.78 is 30.0. The predicted octanol–water partition coefficient (Wildman–Crippen LogP) is 1.48. The fraction of sp³-hybridized carbons (Fsp3) is 0.684. The van der Waals surface area contributed by atoms with Crippen molar-refractivity contribution in [3.63, 3.8) is 0 Å². The topological polar surface area (TPSA) is 53.1 Å². The molecule has 0 bridgehead atoms. The van der Waals surface area contributed by atoms with Gasteiger partial charge in [-0.1, -0.05) is 24.3 Å². The maximum absolute atomic E-state index is 11.6. The summed E-state index contributed by atoms with van der Waals surface area (Å²) in [5, 5.41) is 0. The van der Waals surface area contributed by atoms with E-state index in [4.69, 9.17) is 4.74 Å². The van der Waals surface area contributed by atoms with Crippen molar-refractivity contribution in [2.24, 2.45) is 5.92 Å². The Balaban J connectivity index is 1.78. The van der Waals surface area contributed by atoms with E-state index < -0.39 is 10.0 Å². The van der Waals surface area contributed by atoms with Gasteiger partial charge in [0.05, 0.1) is 12.9 Å². The van der Waals surface area contributed by atoms with Gasteiger partial charge < -0.3 is 9.64 Å². The van der Waals surface area contributed by atoms with E-state index in [2.05, 4.69) is 48.2 Å². The lowest BCUT2D eigenvalue weighted by Gasteiger charge is -2.21. The van der Waals surface area contributed by atoms with E-state index in [0.717, 1.165) is 39.2 Å². The van der Waals surface area contributed by atoms with Crippen LogP contribution in [-0.2, 0) is 27.8 Å². The normalized spacial score (nSPS) is 18.9. The smallest absolute Gasteiger partial charge is 0.211 e. The molecule has 1 aromatic rings. The first-order valence-electron chi connectivity index (χ1n) is 9.17. The lowest BCUT2D eigenvalue weighted by atomic mass is 10.1. The lowest BCUT2D eigenvalue weighted by molar-refractivity contribution is 0.158. The molecule has 0 aromatic heterocycles. The minimum atomic E-state index is -3.05. The fourth-order valence-electron chi connectivity index (χ4n) is 3.45. The van der Waals surface area contributed by atoms with Crippen LogP contribution in [0, 0.1) is 5.92 Å². The van der Waals surface area contributed by atoms with E-state index in [0.29, 0.717) is 19.0 Å². The van der Waals surface area contributed by atoms with Gasteiger partial charge in [0.1, 0.15) is 0 Å². The zero-order chi connectivity index (χ0) is 19.2. The summed E-state index contributed by atoms with van der Waals surface area (Å²) in [6.45, 7) is 5.70. The highest BCUT2D eigenvalue weighted by Gasteiger charge is 2.28. The second-order valence-corrected chi connectivity index (χ2v) is 9.50. The Morgan fingerprint density at radius 1 is 1.12 bits per heavy atom. The van der Waals surface area contributed by atoms with Crippen LogP contribution in [0.4, 0.5) is 0 Å². The van der Waals surface area contributed by atoms with Gasteiger partial charge in [-0.2, -0.15) is 0 Å². The van der Waals surface area contributed by atoms with Crippen LogP contribution in [0.1, 0.15) is 17.5 Å². The molecule has 0 saturated carbocycles. The molecule has 0 N–H and O–H groups in total. The van der Waals surface area contributed by atoms with Gasteiger partial charge in [-0.15, -0.1) is 0 Å². The molecule has 0 amide bonds. The van der Waals surface area contributed by atoms with Gasteiger partial charge in [0, 0.05) is 46.4 Å². The number of nitrogens with zero attached hydrogens (tertiary/aromatic N) is 3. The van der Waals surface area contributed by atoms with Crippen molar-refractivity contribution in [1.82, 2.24) is 14.1 Å². The first-order valence-corrected chi connectivity index (χ1v) is 11.0. The molecule has 6 nitrogen and oxygen atoms in total. The molecule has 2 rings (SSSR count). The van der Waals surface area contributed by atoms with Crippen molar-refractivity contribution >= 4 is 10.0 Å². The Labute approximate surface area is 158 Å². The number of methoxy groups -OCH3 is 1. The number of ether oxygens (including phenoxy) is 1. The zero-order valence-corrected chi connectivity index (χ0v) is 17.3. The first kappa shape index (κ1) is 21.3. The van der Waals surface area contributed by atoms with Crippen molar-refractivity contribution < 1.29 is 13.2 Å². The molecule has 1 aromatic carbocycles. The number of hydrogen-bond donors (Lipinski definition) is 0. The van der Waals surface area contributed by atoms with Gasteiger partial charge in [0.2, 0.25) is 10.0 Å². The molecule has 1 heterocycles. The van der Waals surface area contributed by atoms with E-state index in [9.17, 15) is 8.42 Å². The lowest BCUT2D eigenvalue weighted by Crippen LogP contribution is -2.30. The number of rotatable bonds is 10. The highest BCUT2D eigenvalue weighted by atomic mass is 32.2. The average molecular weight is 384 g/mol. The molecule has 1 aliphatic rings. The van der Waals surface area contributed by atoms with E-state index in [-0.39, 0.29) is 0 Å². The van der Waals surface area contributed by atoms with E-state index >= 15 is 0 Å². The Morgan fingerprint density at radius 2 is 1.69 bits per heavy atom. The second-order valence-electron chi connectivity index (χ2n) is 7.52. The monoisotopic (exact) mass is 383 g/mol. The van der Waals surface area contributed by atoms with E-state index in [1.54, 1.807) is 11.4 Å². The largest absolute Gasteiger partial charge is 0.383 e. The number of benzene rings is 1. The fourth-order valence-corrected chi connectivity index (χ4v) is 4.37. The first-order chi connectivity index (χ1) is 12.3. The zero-order valence-electron chi connectivity index (χ0n) is 16.5. The van der Waals surface area contributed by atoms with Gasteiger partial charge in [-0.05, 0) is 37.6 Å². The molecule has 148 valence electrons. The highest BCUT2D eigenvalue weighted by molar-refractivity contribution is 7.88. The summed E-state index contributed by atoms with van der Waals surface area (Å²) in [6.07, 6.45) is 2.25. The van der Waals surface area contributed by atoms with Crippen LogP contribution >= 0.6 is 0 Å². The molecule has 0 radical (unpaired) electrons. The van der Waals surface area contributed by atoms with Gasteiger partial charge >= 0.3 is 0 Å². The van der Waals surface area contributed by atoms with Crippen molar-refractivity contribution in [2.45, 2.75) is 19.5 Å². The standard InChI is InChI=1S/C19H33N3O3S/c1-20(11-12-25-3)13-17-5-7-18(8-6-17)14-21(2)15-19-9-10-22(16-19)26(4,23)24/h5-8,19H,9-16H2,1-4H3. The Hall–Kier alpha value is -0.990. The van der Waals surface area contributed by atoms with Crippen molar-refractivity contribution in [1.29, 1.82) is 0 Å². The Bertz CT molecular complexity index is 648. The van der Waals surface area contributed by atoms with Crippen molar-refractivity contribution in [3.8, 4) is 0 Å². The Morgan fingerprint density at radius 3 is 2.19 bits per heavy atom. The highest BCUT2D eigenvalue weighted by Crippen LogP contribution is 2.20. The van der Waals surface area contributed by atoms with E-state index in [1.165, 1.54) is 17.4 Å². The molecule has 0 aliphatic carbocycles. The summed E-state index contributed by atoms with van der Waals surface area (Å²) >= 11 is 0. The summed E-state index contributed by atoms with van der Waals surface area (Å²) in [5.74, 6) is 0.420. The molecule has 0 spiro atoms. The summed E-state index contributed by atoms with van der Waals surface area (Å²) in [6, 6.07) is 8.75. The summed E-state index contributed by atoms with van der Waals surface area (Å²) in [4.78, 5) is 4.54. The molecule has 1 saturated heterocycles.